The Morgan fingerprint density at radius 1 is 1.00 bits per heavy atom. The highest BCUT2D eigenvalue weighted by Gasteiger charge is 2.07. The van der Waals surface area contributed by atoms with E-state index in [1.165, 1.54) is 0 Å². The molecule has 0 spiro atoms. The van der Waals surface area contributed by atoms with Gasteiger partial charge in [-0.15, -0.1) is 0 Å². The van der Waals surface area contributed by atoms with Crippen molar-refractivity contribution in [3.8, 4) is 0 Å². The van der Waals surface area contributed by atoms with Gasteiger partial charge in [0.1, 0.15) is 5.82 Å². The molecule has 2 aromatic carbocycles. The zero-order valence-corrected chi connectivity index (χ0v) is 12.1. The maximum absolute atomic E-state index is 10.2. The molecule has 1 unspecified atom stereocenters. The summed E-state index contributed by atoms with van der Waals surface area (Å²) < 4.78 is 0. The molecule has 0 radical (unpaired) electrons. The second kappa shape index (κ2) is 6.12. The van der Waals surface area contributed by atoms with Crippen molar-refractivity contribution in [3.63, 3.8) is 0 Å². The lowest BCUT2D eigenvalue weighted by Crippen LogP contribution is -2.12. The molecule has 0 amide bonds. The highest BCUT2D eigenvalue weighted by Crippen LogP contribution is 2.18. The van der Waals surface area contributed by atoms with E-state index in [0.717, 1.165) is 22.3 Å². The number of para-hydroxylation sites is 1. The zero-order chi connectivity index (χ0) is 14.7. The van der Waals surface area contributed by atoms with Gasteiger partial charge in [-0.2, -0.15) is 0 Å². The average Bonchev–Trinajstić information content (AvgIpc) is 2.53. The van der Waals surface area contributed by atoms with E-state index >= 15 is 0 Å². The smallest absolute Gasteiger partial charge is 0.126 e. The minimum atomic E-state index is -0.601. The van der Waals surface area contributed by atoms with Crippen molar-refractivity contribution in [1.29, 1.82) is 0 Å². The monoisotopic (exact) mass is 298 g/mol. The van der Waals surface area contributed by atoms with Gasteiger partial charge in [0.15, 0.2) is 0 Å². The Morgan fingerprint density at radius 3 is 2.57 bits per heavy atom. The highest BCUT2D eigenvalue weighted by molar-refractivity contribution is 6.30. The maximum Gasteiger partial charge on any atom is 0.126 e. The van der Waals surface area contributed by atoms with Crippen LogP contribution in [0.1, 0.15) is 11.7 Å². The fraction of sp³-hybridized carbons (Fsp3) is 0.118. The summed E-state index contributed by atoms with van der Waals surface area (Å²) in [4.78, 5) is 4.51. The van der Waals surface area contributed by atoms with Gasteiger partial charge in [0.2, 0.25) is 0 Å². The average molecular weight is 299 g/mol. The van der Waals surface area contributed by atoms with Crippen LogP contribution in [0, 0.1) is 0 Å². The van der Waals surface area contributed by atoms with E-state index in [0.29, 0.717) is 11.6 Å². The number of pyridine rings is 1. The summed E-state index contributed by atoms with van der Waals surface area (Å²) in [6.07, 6.45) is -0.601. The molecule has 0 aliphatic rings. The summed E-state index contributed by atoms with van der Waals surface area (Å²) in [5.41, 5.74) is 1.76. The number of aliphatic hydroxyl groups excluding tert-OH is 1. The SMILES string of the molecule is OC(CNc1ccc2ccccc2n1)c1ccc(Cl)cc1. The van der Waals surface area contributed by atoms with E-state index in [4.69, 9.17) is 11.6 Å². The number of hydrogen-bond acceptors (Lipinski definition) is 3. The van der Waals surface area contributed by atoms with Crippen molar-refractivity contribution >= 4 is 28.3 Å². The third-order valence-electron chi connectivity index (χ3n) is 3.33. The molecule has 1 aromatic heterocycles. The van der Waals surface area contributed by atoms with E-state index in [1.54, 1.807) is 12.1 Å². The van der Waals surface area contributed by atoms with Crippen LogP contribution in [-0.4, -0.2) is 16.6 Å². The number of benzene rings is 2. The first-order valence-corrected chi connectivity index (χ1v) is 7.13. The molecule has 1 heterocycles. The van der Waals surface area contributed by atoms with Gasteiger partial charge in [0.05, 0.1) is 11.6 Å². The minimum absolute atomic E-state index is 0.396. The Labute approximate surface area is 128 Å². The van der Waals surface area contributed by atoms with Crippen LogP contribution >= 0.6 is 11.6 Å². The van der Waals surface area contributed by atoms with Gasteiger partial charge in [-0.1, -0.05) is 41.9 Å². The lowest BCUT2D eigenvalue weighted by molar-refractivity contribution is 0.191. The molecule has 2 N–H and O–H groups in total. The quantitative estimate of drug-likeness (QED) is 0.764. The Morgan fingerprint density at radius 2 is 1.76 bits per heavy atom. The lowest BCUT2D eigenvalue weighted by atomic mass is 10.1. The van der Waals surface area contributed by atoms with Gasteiger partial charge in [0, 0.05) is 17.0 Å². The number of nitrogens with zero attached hydrogens (tertiary/aromatic N) is 1. The second-order valence-corrected chi connectivity index (χ2v) is 5.27. The minimum Gasteiger partial charge on any atom is -0.387 e. The number of aliphatic hydroxyl groups is 1. The molecule has 4 heteroatoms. The maximum atomic E-state index is 10.2. The summed E-state index contributed by atoms with van der Waals surface area (Å²) in [5, 5.41) is 15.1. The number of anilines is 1. The van der Waals surface area contributed by atoms with Crippen molar-refractivity contribution < 1.29 is 5.11 Å². The summed E-state index contributed by atoms with van der Waals surface area (Å²) in [6.45, 7) is 0.396. The van der Waals surface area contributed by atoms with Crippen LogP contribution in [0.15, 0.2) is 60.7 Å². The first kappa shape index (κ1) is 13.9. The van der Waals surface area contributed by atoms with Crippen molar-refractivity contribution in [2.75, 3.05) is 11.9 Å². The van der Waals surface area contributed by atoms with Crippen molar-refractivity contribution in [2.24, 2.45) is 0 Å². The van der Waals surface area contributed by atoms with Gasteiger partial charge in [-0.25, -0.2) is 4.98 Å². The van der Waals surface area contributed by atoms with Crippen LogP contribution in [-0.2, 0) is 0 Å². The molecule has 0 saturated heterocycles. The Bertz CT molecular complexity index is 743. The molecule has 0 bridgehead atoms. The van der Waals surface area contributed by atoms with Gasteiger partial charge < -0.3 is 10.4 Å². The lowest BCUT2D eigenvalue weighted by Gasteiger charge is -2.13. The molecule has 3 rings (SSSR count). The largest absolute Gasteiger partial charge is 0.387 e. The molecule has 0 aliphatic carbocycles. The van der Waals surface area contributed by atoms with Crippen LogP contribution < -0.4 is 5.32 Å². The number of nitrogens with one attached hydrogen (secondary N) is 1. The summed E-state index contributed by atoms with van der Waals surface area (Å²) in [5.74, 6) is 0.752. The van der Waals surface area contributed by atoms with Crippen LogP contribution in [0.5, 0.6) is 0 Å². The van der Waals surface area contributed by atoms with Crippen LogP contribution in [0.25, 0.3) is 10.9 Å². The molecular formula is C17H15ClN2O. The zero-order valence-electron chi connectivity index (χ0n) is 11.3. The van der Waals surface area contributed by atoms with E-state index < -0.39 is 6.10 Å². The predicted molar refractivity (Wildman–Crippen MR) is 86.6 cm³/mol. The van der Waals surface area contributed by atoms with Gasteiger partial charge >= 0.3 is 0 Å². The van der Waals surface area contributed by atoms with Gasteiger partial charge in [-0.05, 0) is 35.9 Å². The number of aromatic nitrogens is 1. The Hall–Kier alpha value is -2.10. The standard InChI is InChI=1S/C17H15ClN2O/c18-14-8-5-13(6-9-14)16(21)11-19-17-10-7-12-3-1-2-4-15(12)20-17/h1-10,16,21H,11H2,(H,19,20). The van der Waals surface area contributed by atoms with E-state index in [2.05, 4.69) is 10.3 Å². The topological polar surface area (TPSA) is 45.1 Å². The molecule has 0 fully saturated rings. The molecule has 21 heavy (non-hydrogen) atoms. The highest BCUT2D eigenvalue weighted by atomic mass is 35.5. The van der Waals surface area contributed by atoms with Gasteiger partial charge in [-0.3, -0.25) is 0 Å². The number of halogens is 1. The van der Waals surface area contributed by atoms with Crippen LogP contribution in [0.2, 0.25) is 5.02 Å². The third kappa shape index (κ3) is 3.32. The molecule has 0 saturated carbocycles. The van der Waals surface area contributed by atoms with Gasteiger partial charge in [0.25, 0.3) is 0 Å². The number of hydrogen-bond donors (Lipinski definition) is 2. The third-order valence-corrected chi connectivity index (χ3v) is 3.58. The molecule has 3 aromatic rings. The van der Waals surface area contributed by atoms with E-state index in [1.807, 2.05) is 48.5 Å². The first-order valence-electron chi connectivity index (χ1n) is 6.75. The van der Waals surface area contributed by atoms with Crippen molar-refractivity contribution in [1.82, 2.24) is 4.98 Å². The van der Waals surface area contributed by atoms with Crippen LogP contribution in [0.3, 0.4) is 0 Å². The summed E-state index contributed by atoms with van der Waals surface area (Å²) in [7, 11) is 0. The molecule has 0 aliphatic heterocycles. The first-order chi connectivity index (χ1) is 10.2. The predicted octanol–water partition coefficient (Wildman–Crippen LogP) is 4.03. The fourth-order valence-electron chi connectivity index (χ4n) is 2.17. The molecular weight excluding hydrogens is 284 g/mol. The Kier molecular flexibility index (Phi) is 4.04. The molecule has 1 atom stereocenters. The normalized spacial score (nSPS) is 12.3. The summed E-state index contributed by atoms with van der Waals surface area (Å²) in [6, 6.07) is 19.1. The molecule has 106 valence electrons. The second-order valence-electron chi connectivity index (χ2n) is 4.84. The number of fused-ring (bicyclic) bond motifs is 1. The summed E-state index contributed by atoms with van der Waals surface area (Å²) >= 11 is 5.84. The molecule has 3 nitrogen and oxygen atoms in total. The number of rotatable bonds is 4. The van der Waals surface area contributed by atoms with E-state index in [9.17, 15) is 5.11 Å². The Balaban J connectivity index is 1.69. The van der Waals surface area contributed by atoms with Crippen molar-refractivity contribution in [2.45, 2.75) is 6.10 Å². The van der Waals surface area contributed by atoms with E-state index in [-0.39, 0.29) is 0 Å². The van der Waals surface area contributed by atoms with Crippen LogP contribution in [0.4, 0.5) is 5.82 Å². The van der Waals surface area contributed by atoms with Crippen molar-refractivity contribution in [3.05, 3.63) is 71.2 Å². The fourth-order valence-corrected chi connectivity index (χ4v) is 2.29.